The van der Waals surface area contributed by atoms with Crippen molar-refractivity contribution in [2.45, 2.75) is 45.6 Å². The zero-order chi connectivity index (χ0) is 12.9. The summed E-state index contributed by atoms with van der Waals surface area (Å²) in [4.78, 5) is 12.0. The lowest BCUT2D eigenvalue weighted by Crippen LogP contribution is -2.47. The van der Waals surface area contributed by atoms with E-state index in [1.54, 1.807) is 12.1 Å². The van der Waals surface area contributed by atoms with E-state index in [1.165, 1.54) is 0 Å². The number of halogens is 1. The first kappa shape index (κ1) is 13.9. The van der Waals surface area contributed by atoms with Crippen molar-refractivity contribution in [1.82, 2.24) is 15.5 Å². The van der Waals surface area contributed by atoms with Crippen LogP contribution in [0.5, 0.6) is 0 Å². The molecule has 0 aliphatic rings. The summed E-state index contributed by atoms with van der Waals surface area (Å²) in [6.45, 7) is 6.21. The molecule has 0 unspecified atom stereocenters. The predicted octanol–water partition coefficient (Wildman–Crippen LogP) is 2.83. The van der Waals surface area contributed by atoms with Gasteiger partial charge in [0, 0.05) is 5.54 Å². The summed E-state index contributed by atoms with van der Waals surface area (Å²) in [6.07, 6.45) is 2.69. The maximum atomic E-state index is 12.0. The van der Waals surface area contributed by atoms with Gasteiger partial charge in [0.15, 0.2) is 10.8 Å². The molecule has 1 amide bonds. The summed E-state index contributed by atoms with van der Waals surface area (Å²) in [5.74, 6) is -0.195. The second-order valence-electron chi connectivity index (χ2n) is 4.04. The molecule has 0 saturated carbocycles. The Kier molecular flexibility index (Phi) is 4.87. The van der Waals surface area contributed by atoms with Crippen LogP contribution in [0, 0.1) is 0 Å². The van der Waals surface area contributed by atoms with Crippen molar-refractivity contribution in [3.05, 3.63) is 23.0 Å². The van der Waals surface area contributed by atoms with E-state index in [-0.39, 0.29) is 16.6 Å². The second-order valence-corrected chi connectivity index (χ2v) is 4.42. The summed E-state index contributed by atoms with van der Waals surface area (Å²) in [5, 5.41) is 10.8. The average Bonchev–Trinajstić information content (AvgIpc) is 2.37. The van der Waals surface area contributed by atoms with Crippen LogP contribution in [0.25, 0.3) is 0 Å². The minimum atomic E-state index is -0.195. The smallest absolute Gasteiger partial charge is 0.272 e. The van der Waals surface area contributed by atoms with E-state index in [1.807, 2.05) is 0 Å². The minimum Gasteiger partial charge on any atom is -0.345 e. The molecule has 0 bridgehead atoms. The first-order valence-corrected chi connectivity index (χ1v) is 6.26. The highest BCUT2D eigenvalue weighted by Gasteiger charge is 2.26. The van der Waals surface area contributed by atoms with Gasteiger partial charge in [-0.2, -0.15) is 0 Å². The SMILES string of the molecule is CCC(CC)(CC)NC(=O)c1ccc(Cl)nn1. The van der Waals surface area contributed by atoms with Gasteiger partial charge in [-0.15, -0.1) is 10.2 Å². The molecule has 0 saturated heterocycles. The van der Waals surface area contributed by atoms with Gasteiger partial charge in [0.2, 0.25) is 0 Å². The highest BCUT2D eigenvalue weighted by Crippen LogP contribution is 2.19. The number of nitrogens with one attached hydrogen (secondary N) is 1. The Morgan fingerprint density at radius 2 is 1.82 bits per heavy atom. The number of carbonyl (C=O) groups excluding carboxylic acids is 1. The number of carbonyl (C=O) groups is 1. The van der Waals surface area contributed by atoms with Crippen molar-refractivity contribution in [2.75, 3.05) is 0 Å². The highest BCUT2D eigenvalue weighted by molar-refractivity contribution is 6.29. The first-order valence-electron chi connectivity index (χ1n) is 5.88. The number of hydrogen-bond donors (Lipinski definition) is 1. The van der Waals surface area contributed by atoms with E-state index >= 15 is 0 Å². The lowest BCUT2D eigenvalue weighted by Gasteiger charge is -2.31. The van der Waals surface area contributed by atoms with Gasteiger partial charge < -0.3 is 5.32 Å². The van der Waals surface area contributed by atoms with E-state index in [4.69, 9.17) is 11.6 Å². The maximum absolute atomic E-state index is 12.0. The summed E-state index contributed by atoms with van der Waals surface area (Å²) in [6, 6.07) is 3.14. The van der Waals surface area contributed by atoms with Crippen LogP contribution in [0.15, 0.2) is 12.1 Å². The maximum Gasteiger partial charge on any atom is 0.272 e. The summed E-state index contributed by atoms with van der Waals surface area (Å²) >= 11 is 5.63. The molecule has 1 N–H and O–H groups in total. The van der Waals surface area contributed by atoms with Gasteiger partial charge in [-0.1, -0.05) is 32.4 Å². The molecular weight excluding hydrogens is 238 g/mol. The molecular formula is C12H18ClN3O. The fourth-order valence-corrected chi connectivity index (χ4v) is 1.86. The van der Waals surface area contributed by atoms with Crippen LogP contribution in [-0.4, -0.2) is 21.6 Å². The van der Waals surface area contributed by atoms with Gasteiger partial charge in [0.1, 0.15) is 0 Å². The molecule has 4 nitrogen and oxygen atoms in total. The van der Waals surface area contributed by atoms with E-state index in [0.717, 1.165) is 19.3 Å². The number of aromatic nitrogens is 2. The van der Waals surface area contributed by atoms with Crippen LogP contribution in [0.2, 0.25) is 5.15 Å². The molecule has 0 atom stereocenters. The Balaban J connectivity index is 2.81. The summed E-state index contributed by atoms with van der Waals surface area (Å²) < 4.78 is 0. The highest BCUT2D eigenvalue weighted by atomic mass is 35.5. The molecule has 0 fully saturated rings. The minimum absolute atomic E-state index is 0.154. The van der Waals surface area contributed by atoms with E-state index in [2.05, 4.69) is 36.3 Å². The van der Waals surface area contributed by atoms with Crippen molar-refractivity contribution in [3.8, 4) is 0 Å². The third-order valence-electron chi connectivity index (χ3n) is 3.27. The molecule has 17 heavy (non-hydrogen) atoms. The third kappa shape index (κ3) is 3.40. The van der Waals surface area contributed by atoms with Gasteiger partial charge in [-0.25, -0.2) is 0 Å². The van der Waals surface area contributed by atoms with Crippen LogP contribution >= 0.6 is 11.6 Å². The molecule has 0 aromatic carbocycles. The van der Waals surface area contributed by atoms with Crippen molar-refractivity contribution < 1.29 is 4.79 Å². The van der Waals surface area contributed by atoms with Gasteiger partial charge >= 0.3 is 0 Å². The fourth-order valence-electron chi connectivity index (χ4n) is 1.76. The Labute approximate surface area is 107 Å². The van der Waals surface area contributed by atoms with Crippen LogP contribution in [0.3, 0.4) is 0 Å². The van der Waals surface area contributed by atoms with Crippen molar-refractivity contribution in [3.63, 3.8) is 0 Å². The molecule has 1 aromatic rings. The van der Waals surface area contributed by atoms with E-state index < -0.39 is 0 Å². The van der Waals surface area contributed by atoms with Crippen molar-refractivity contribution >= 4 is 17.5 Å². The number of amides is 1. The third-order valence-corrected chi connectivity index (χ3v) is 3.48. The Hall–Kier alpha value is -1.16. The normalized spacial score (nSPS) is 11.3. The van der Waals surface area contributed by atoms with Crippen molar-refractivity contribution in [2.24, 2.45) is 0 Å². The lowest BCUT2D eigenvalue weighted by molar-refractivity contribution is 0.0882. The largest absolute Gasteiger partial charge is 0.345 e. The Bertz CT molecular complexity index is 366. The number of nitrogens with zero attached hydrogens (tertiary/aromatic N) is 2. The quantitative estimate of drug-likeness (QED) is 0.880. The molecule has 5 heteroatoms. The molecule has 94 valence electrons. The Morgan fingerprint density at radius 1 is 1.24 bits per heavy atom. The monoisotopic (exact) mass is 255 g/mol. The average molecular weight is 256 g/mol. The van der Waals surface area contributed by atoms with Gasteiger partial charge in [0.05, 0.1) is 0 Å². The fraction of sp³-hybridized carbons (Fsp3) is 0.583. The topological polar surface area (TPSA) is 54.9 Å². The van der Waals surface area contributed by atoms with Gasteiger partial charge in [0.25, 0.3) is 5.91 Å². The zero-order valence-corrected chi connectivity index (χ0v) is 11.2. The predicted molar refractivity (Wildman–Crippen MR) is 68.1 cm³/mol. The van der Waals surface area contributed by atoms with Gasteiger partial charge in [-0.3, -0.25) is 4.79 Å². The van der Waals surface area contributed by atoms with Crippen LogP contribution < -0.4 is 5.32 Å². The second kappa shape index (κ2) is 5.96. The van der Waals surface area contributed by atoms with E-state index in [9.17, 15) is 4.79 Å². The Morgan fingerprint density at radius 3 is 2.24 bits per heavy atom. The molecule has 0 radical (unpaired) electrons. The first-order chi connectivity index (χ1) is 8.06. The molecule has 0 spiro atoms. The van der Waals surface area contributed by atoms with Crippen LogP contribution in [-0.2, 0) is 0 Å². The van der Waals surface area contributed by atoms with Crippen LogP contribution in [0.4, 0.5) is 0 Å². The molecule has 0 aliphatic carbocycles. The molecule has 0 aliphatic heterocycles. The summed E-state index contributed by atoms with van der Waals surface area (Å²) in [7, 11) is 0. The molecule has 1 aromatic heterocycles. The van der Waals surface area contributed by atoms with Crippen LogP contribution in [0.1, 0.15) is 50.5 Å². The number of hydrogen-bond acceptors (Lipinski definition) is 3. The molecule has 1 heterocycles. The van der Waals surface area contributed by atoms with Crippen molar-refractivity contribution in [1.29, 1.82) is 0 Å². The van der Waals surface area contributed by atoms with E-state index in [0.29, 0.717) is 5.69 Å². The van der Waals surface area contributed by atoms with Gasteiger partial charge in [-0.05, 0) is 31.4 Å². The molecule has 1 rings (SSSR count). The number of rotatable bonds is 5. The zero-order valence-electron chi connectivity index (χ0n) is 10.5. The lowest BCUT2D eigenvalue weighted by atomic mass is 9.89. The summed E-state index contributed by atoms with van der Waals surface area (Å²) in [5.41, 5.74) is 0.146. The standard InChI is InChI=1S/C12H18ClN3O/c1-4-12(5-2,6-3)14-11(17)9-7-8-10(13)16-15-9/h7-8H,4-6H2,1-3H3,(H,14,17).